The topological polar surface area (TPSA) is 117 Å². The molecule has 0 aliphatic heterocycles. The van der Waals surface area contributed by atoms with Crippen LogP contribution >= 0.6 is 0 Å². The van der Waals surface area contributed by atoms with Gasteiger partial charge in [-0.05, 0) is 25.5 Å². The highest BCUT2D eigenvalue weighted by molar-refractivity contribution is 5.69. The molecule has 0 spiro atoms. The Balaban J connectivity index is 2.67. The number of nitrogens with one attached hydrogen (secondary N) is 1. The molecule has 0 bridgehead atoms. The number of nitrogens with two attached hydrogens (primary N) is 1. The number of hydrogen-bond acceptors (Lipinski definition) is 7. The van der Waals surface area contributed by atoms with Crippen molar-refractivity contribution in [3.63, 3.8) is 0 Å². The average molecular weight is 269 g/mol. The summed E-state index contributed by atoms with van der Waals surface area (Å²) in [5.74, 6) is 4.74. The Morgan fingerprint density at radius 1 is 1.42 bits per heavy atom. The van der Waals surface area contributed by atoms with Gasteiger partial charge in [-0.25, -0.2) is 5.84 Å². The van der Waals surface area contributed by atoms with E-state index in [0.29, 0.717) is 16.9 Å². The molecule has 0 heterocycles. The molecule has 0 aliphatic carbocycles. The third kappa shape index (κ3) is 4.19. The van der Waals surface area contributed by atoms with Crippen molar-refractivity contribution in [2.45, 2.75) is 20.3 Å². The van der Waals surface area contributed by atoms with Crippen LogP contribution in [0.15, 0.2) is 12.1 Å². The number of nitro benzene ring substituents is 1. The molecule has 0 fully saturated rings. The smallest absolute Gasteiger partial charge is 0.329 e. The molecule has 8 heteroatoms. The molecule has 3 N–H and O–H groups in total. The van der Waals surface area contributed by atoms with E-state index in [1.165, 1.54) is 6.07 Å². The first kappa shape index (κ1) is 14.9. The quantitative estimate of drug-likeness (QED) is 0.447. The summed E-state index contributed by atoms with van der Waals surface area (Å²) in [6, 6.07) is 3.00. The molecule has 0 atom stereocenters. The summed E-state index contributed by atoms with van der Waals surface area (Å²) in [7, 11) is 0. The molecule has 0 saturated heterocycles. The van der Waals surface area contributed by atoms with E-state index in [2.05, 4.69) is 4.84 Å². The lowest BCUT2D eigenvalue weighted by Gasteiger charge is -2.09. The Kier molecular flexibility index (Phi) is 5.22. The normalized spacial score (nSPS) is 10.1. The lowest BCUT2D eigenvalue weighted by molar-refractivity contribution is -0.385. The number of carbonyl (C=O) groups is 1. The number of aryl methyl sites for hydroxylation is 2. The van der Waals surface area contributed by atoms with Gasteiger partial charge in [-0.2, -0.15) is 0 Å². The molecule has 0 radical (unpaired) electrons. The molecular formula is C11H15N3O5. The van der Waals surface area contributed by atoms with Crippen LogP contribution in [0.3, 0.4) is 0 Å². The molecule has 1 rings (SSSR count). The van der Waals surface area contributed by atoms with Gasteiger partial charge in [0.25, 0.3) is 5.69 Å². The molecule has 1 aromatic rings. The third-order valence-corrected chi connectivity index (χ3v) is 2.43. The fourth-order valence-corrected chi connectivity index (χ4v) is 1.49. The van der Waals surface area contributed by atoms with Crippen LogP contribution in [0.4, 0.5) is 5.69 Å². The van der Waals surface area contributed by atoms with Gasteiger partial charge in [0.2, 0.25) is 0 Å². The first-order valence-electron chi connectivity index (χ1n) is 5.49. The van der Waals surface area contributed by atoms with Crippen molar-refractivity contribution in [3.05, 3.63) is 33.4 Å². The molecule has 0 aromatic heterocycles. The van der Waals surface area contributed by atoms with Gasteiger partial charge in [0, 0.05) is 11.6 Å². The van der Waals surface area contributed by atoms with Gasteiger partial charge in [-0.1, -0.05) is 5.59 Å². The van der Waals surface area contributed by atoms with E-state index in [9.17, 15) is 14.9 Å². The molecule has 8 nitrogen and oxygen atoms in total. The van der Waals surface area contributed by atoms with Crippen LogP contribution in [0.1, 0.15) is 17.5 Å². The van der Waals surface area contributed by atoms with Crippen LogP contribution in [0.25, 0.3) is 0 Å². The fraction of sp³-hybridized carbons (Fsp3) is 0.364. The molecule has 0 amide bonds. The summed E-state index contributed by atoms with van der Waals surface area (Å²) in [5, 5.41) is 10.7. The van der Waals surface area contributed by atoms with E-state index >= 15 is 0 Å². The Morgan fingerprint density at radius 3 is 2.68 bits per heavy atom. The predicted octanol–water partition coefficient (Wildman–Crippen LogP) is 0.902. The Morgan fingerprint density at radius 2 is 2.11 bits per heavy atom. The minimum atomic E-state index is -0.557. The summed E-state index contributed by atoms with van der Waals surface area (Å²) in [5.41, 5.74) is 2.94. The zero-order valence-corrected chi connectivity index (χ0v) is 10.6. The van der Waals surface area contributed by atoms with Gasteiger partial charge in [0.05, 0.1) is 18.0 Å². The summed E-state index contributed by atoms with van der Waals surface area (Å²) in [4.78, 5) is 25.6. The SMILES string of the molecule is Cc1cc([N+](=O)[O-])c(C)cc1OCCC(=O)ONN. The fourth-order valence-electron chi connectivity index (χ4n) is 1.49. The zero-order chi connectivity index (χ0) is 14.4. The molecule has 0 saturated carbocycles. The maximum atomic E-state index is 11.0. The third-order valence-electron chi connectivity index (χ3n) is 2.43. The summed E-state index contributed by atoms with van der Waals surface area (Å²) >= 11 is 0. The van der Waals surface area contributed by atoms with Crippen LogP contribution in [-0.4, -0.2) is 17.5 Å². The maximum absolute atomic E-state index is 11.0. The molecule has 19 heavy (non-hydrogen) atoms. The number of nitrogens with zero attached hydrogens (tertiary/aromatic N) is 1. The second-order valence-electron chi connectivity index (χ2n) is 3.85. The second-order valence-corrected chi connectivity index (χ2v) is 3.85. The standard InChI is InChI=1S/C11H15N3O5/c1-7-6-10(8(2)5-9(7)14(16)17)18-4-3-11(15)19-13-12/h5-6,13H,3-4,12H2,1-2H3. The summed E-state index contributed by atoms with van der Waals surface area (Å²) in [6.45, 7) is 3.41. The van der Waals surface area contributed by atoms with Gasteiger partial charge >= 0.3 is 5.97 Å². The number of nitro groups is 1. The Hall–Kier alpha value is -2.19. The van der Waals surface area contributed by atoms with Gasteiger partial charge in [0.15, 0.2) is 0 Å². The Bertz CT molecular complexity index is 489. The first-order chi connectivity index (χ1) is 8.95. The van der Waals surface area contributed by atoms with Crippen molar-refractivity contribution in [3.8, 4) is 5.75 Å². The molecular weight excluding hydrogens is 254 g/mol. The van der Waals surface area contributed by atoms with E-state index in [1.807, 2.05) is 0 Å². The van der Waals surface area contributed by atoms with E-state index < -0.39 is 10.9 Å². The van der Waals surface area contributed by atoms with Crippen LogP contribution < -0.4 is 16.2 Å². The lowest BCUT2D eigenvalue weighted by Crippen LogP contribution is -2.27. The lowest BCUT2D eigenvalue weighted by atomic mass is 10.1. The highest BCUT2D eigenvalue weighted by Crippen LogP contribution is 2.27. The van der Waals surface area contributed by atoms with Crippen LogP contribution in [0.2, 0.25) is 0 Å². The first-order valence-corrected chi connectivity index (χ1v) is 5.49. The average Bonchev–Trinajstić information content (AvgIpc) is 2.33. The van der Waals surface area contributed by atoms with Crippen molar-refractivity contribution in [1.29, 1.82) is 0 Å². The summed E-state index contributed by atoms with van der Waals surface area (Å²) in [6.07, 6.45) is 0.0136. The number of benzene rings is 1. The summed E-state index contributed by atoms with van der Waals surface area (Å²) < 4.78 is 5.38. The van der Waals surface area contributed by atoms with Crippen LogP contribution in [0.5, 0.6) is 5.75 Å². The van der Waals surface area contributed by atoms with E-state index in [4.69, 9.17) is 10.6 Å². The number of hydrogen-bond donors (Lipinski definition) is 2. The van der Waals surface area contributed by atoms with Crippen molar-refractivity contribution >= 4 is 11.7 Å². The molecule has 0 aliphatic rings. The van der Waals surface area contributed by atoms with Gasteiger partial charge in [0.1, 0.15) is 5.75 Å². The molecule has 1 aromatic carbocycles. The largest absolute Gasteiger partial charge is 0.493 e. The van der Waals surface area contributed by atoms with E-state index in [0.717, 1.165) is 0 Å². The number of carbonyl (C=O) groups excluding carboxylic acids is 1. The van der Waals surface area contributed by atoms with Gasteiger partial charge < -0.3 is 9.57 Å². The van der Waals surface area contributed by atoms with Crippen molar-refractivity contribution in [1.82, 2.24) is 5.59 Å². The van der Waals surface area contributed by atoms with Gasteiger partial charge in [-0.15, -0.1) is 0 Å². The highest BCUT2D eigenvalue weighted by Gasteiger charge is 2.14. The molecule has 0 unspecified atom stereocenters. The number of rotatable bonds is 6. The van der Waals surface area contributed by atoms with Crippen molar-refractivity contribution in [2.75, 3.05) is 6.61 Å². The second kappa shape index (κ2) is 6.66. The number of hydrazine groups is 1. The zero-order valence-electron chi connectivity index (χ0n) is 10.6. The monoisotopic (exact) mass is 269 g/mol. The number of ether oxygens (including phenoxy) is 1. The highest BCUT2D eigenvalue weighted by atomic mass is 16.7. The van der Waals surface area contributed by atoms with E-state index in [-0.39, 0.29) is 18.7 Å². The Labute approximate surface area is 109 Å². The van der Waals surface area contributed by atoms with E-state index in [1.54, 1.807) is 25.5 Å². The minimum absolute atomic E-state index is 0.0136. The van der Waals surface area contributed by atoms with Gasteiger partial charge in [-0.3, -0.25) is 14.9 Å². The van der Waals surface area contributed by atoms with Crippen LogP contribution in [-0.2, 0) is 9.63 Å². The van der Waals surface area contributed by atoms with Crippen molar-refractivity contribution in [2.24, 2.45) is 5.84 Å². The van der Waals surface area contributed by atoms with Crippen molar-refractivity contribution < 1.29 is 19.3 Å². The minimum Gasteiger partial charge on any atom is -0.493 e. The predicted molar refractivity (Wildman–Crippen MR) is 66.1 cm³/mol. The van der Waals surface area contributed by atoms with Crippen LogP contribution in [0, 0.1) is 24.0 Å². The maximum Gasteiger partial charge on any atom is 0.329 e. The molecule has 104 valence electrons.